The molecular formula is C16H16N6O2S2. The normalized spacial score (nSPS) is 11.7. The molecule has 0 unspecified atom stereocenters. The number of benzene rings is 1. The Morgan fingerprint density at radius 3 is 2.19 bits per heavy atom. The van der Waals surface area contributed by atoms with Gasteiger partial charge in [-0.2, -0.15) is 0 Å². The molecule has 10 heteroatoms. The average molecular weight is 388 g/mol. The lowest BCUT2D eigenvalue weighted by Crippen LogP contribution is -2.29. The molecule has 3 aromatic rings. The van der Waals surface area contributed by atoms with Crippen LogP contribution in [-0.4, -0.2) is 32.2 Å². The van der Waals surface area contributed by atoms with Crippen molar-refractivity contribution in [1.29, 1.82) is 0 Å². The maximum atomic E-state index is 12.6. The molecule has 134 valence electrons. The summed E-state index contributed by atoms with van der Waals surface area (Å²) >= 11 is 2.45. The van der Waals surface area contributed by atoms with E-state index in [4.69, 9.17) is 0 Å². The second-order valence-electron chi connectivity index (χ2n) is 5.62. The maximum absolute atomic E-state index is 12.6. The molecular weight excluding hydrogens is 372 g/mol. The molecule has 0 spiro atoms. The fraction of sp³-hybridized carbons (Fsp3) is 0.250. The number of carbonyl (C=O) groups is 2. The van der Waals surface area contributed by atoms with Gasteiger partial charge < -0.3 is 10.6 Å². The monoisotopic (exact) mass is 388 g/mol. The molecule has 0 aliphatic heterocycles. The molecule has 1 atom stereocenters. The number of rotatable bonds is 7. The molecule has 0 aliphatic rings. The Hall–Kier alpha value is -2.72. The van der Waals surface area contributed by atoms with Gasteiger partial charge in [0.1, 0.15) is 11.0 Å². The number of amides is 2. The zero-order valence-electron chi connectivity index (χ0n) is 13.9. The van der Waals surface area contributed by atoms with Crippen LogP contribution in [0.25, 0.3) is 0 Å². The van der Waals surface area contributed by atoms with Gasteiger partial charge in [0, 0.05) is 6.42 Å². The highest BCUT2D eigenvalue weighted by molar-refractivity contribution is 7.13. The van der Waals surface area contributed by atoms with E-state index >= 15 is 0 Å². The molecule has 1 aromatic carbocycles. The van der Waals surface area contributed by atoms with Crippen LogP contribution in [0.15, 0.2) is 35.3 Å². The zero-order chi connectivity index (χ0) is 18.4. The van der Waals surface area contributed by atoms with Crippen molar-refractivity contribution >= 4 is 44.8 Å². The summed E-state index contributed by atoms with van der Waals surface area (Å²) in [5.74, 6) is -1.10. The van der Waals surface area contributed by atoms with Gasteiger partial charge in [0.05, 0.1) is 5.92 Å². The van der Waals surface area contributed by atoms with E-state index in [1.165, 1.54) is 33.7 Å². The molecule has 2 heterocycles. The van der Waals surface area contributed by atoms with Crippen molar-refractivity contribution in [3.63, 3.8) is 0 Å². The summed E-state index contributed by atoms with van der Waals surface area (Å²) in [6, 6.07) is 7.89. The second-order valence-corrected chi connectivity index (χ2v) is 7.28. The maximum Gasteiger partial charge on any atom is 0.230 e. The topological polar surface area (TPSA) is 110 Å². The molecule has 3 rings (SSSR count). The molecule has 0 fully saturated rings. The van der Waals surface area contributed by atoms with Crippen LogP contribution in [0.4, 0.5) is 10.3 Å². The Balaban J connectivity index is 1.70. The second kappa shape index (κ2) is 8.59. The largest absolute Gasteiger partial charge is 0.301 e. The Kier molecular flexibility index (Phi) is 5.97. The molecule has 0 saturated carbocycles. The van der Waals surface area contributed by atoms with Gasteiger partial charge in [-0.3, -0.25) is 9.59 Å². The van der Waals surface area contributed by atoms with Crippen LogP contribution in [0.5, 0.6) is 0 Å². The minimum atomic E-state index is -0.547. The van der Waals surface area contributed by atoms with Crippen molar-refractivity contribution in [2.24, 2.45) is 5.92 Å². The Morgan fingerprint density at radius 2 is 1.62 bits per heavy atom. The molecule has 2 amide bonds. The zero-order valence-corrected chi connectivity index (χ0v) is 15.5. The SMILES string of the molecule is Cc1ccc(C[C@@H](CC(=O)Nc2nncs2)C(=O)Nc2nncs2)cc1. The van der Waals surface area contributed by atoms with Gasteiger partial charge in [0.25, 0.3) is 0 Å². The molecule has 0 aliphatic carbocycles. The van der Waals surface area contributed by atoms with Crippen molar-refractivity contribution in [2.45, 2.75) is 19.8 Å². The summed E-state index contributed by atoms with van der Waals surface area (Å²) in [4.78, 5) is 24.9. The molecule has 26 heavy (non-hydrogen) atoms. The highest BCUT2D eigenvalue weighted by Crippen LogP contribution is 2.19. The van der Waals surface area contributed by atoms with E-state index in [1.54, 1.807) is 0 Å². The highest BCUT2D eigenvalue weighted by atomic mass is 32.1. The minimum absolute atomic E-state index is 0.0259. The third-order valence-corrected chi connectivity index (χ3v) is 4.82. The Morgan fingerprint density at radius 1 is 1.00 bits per heavy atom. The van der Waals surface area contributed by atoms with E-state index in [-0.39, 0.29) is 18.2 Å². The number of anilines is 2. The summed E-state index contributed by atoms with van der Waals surface area (Å²) in [7, 11) is 0. The van der Waals surface area contributed by atoms with Crippen LogP contribution in [-0.2, 0) is 16.0 Å². The van der Waals surface area contributed by atoms with Crippen molar-refractivity contribution in [3.05, 3.63) is 46.4 Å². The molecule has 8 nitrogen and oxygen atoms in total. The van der Waals surface area contributed by atoms with E-state index in [2.05, 4.69) is 31.0 Å². The van der Waals surface area contributed by atoms with Gasteiger partial charge in [-0.25, -0.2) is 0 Å². The van der Waals surface area contributed by atoms with Crippen LogP contribution < -0.4 is 10.6 Å². The van der Waals surface area contributed by atoms with Gasteiger partial charge in [-0.1, -0.05) is 52.5 Å². The van der Waals surface area contributed by atoms with Crippen molar-refractivity contribution in [2.75, 3.05) is 10.6 Å². The fourth-order valence-electron chi connectivity index (χ4n) is 2.32. The third-order valence-electron chi connectivity index (χ3n) is 3.60. The number of aryl methyl sites for hydroxylation is 1. The Labute approximate surface area is 157 Å². The highest BCUT2D eigenvalue weighted by Gasteiger charge is 2.24. The van der Waals surface area contributed by atoms with E-state index in [0.717, 1.165) is 11.1 Å². The molecule has 0 bridgehead atoms. The van der Waals surface area contributed by atoms with Crippen LogP contribution >= 0.6 is 22.7 Å². The molecule has 2 N–H and O–H groups in total. The van der Waals surface area contributed by atoms with Gasteiger partial charge in [0.15, 0.2) is 0 Å². The fourth-order valence-corrected chi connectivity index (χ4v) is 3.23. The first kappa shape index (κ1) is 18.1. The Bertz CT molecular complexity index is 850. The molecule has 0 radical (unpaired) electrons. The van der Waals surface area contributed by atoms with Crippen LogP contribution in [0.1, 0.15) is 17.5 Å². The number of hydrogen-bond donors (Lipinski definition) is 2. The lowest BCUT2D eigenvalue weighted by molar-refractivity contribution is -0.124. The standard InChI is InChI=1S/C16H16N6O2S2/c1-10-2-4-11(5-3-10)6-12(14(24)20-16-22-18-9-26-16)7-13(23)19-15-21-17-8-25-15/h2-5,8-9,12H,6-7H2,1H3,(H,19,21,23)(H,20,22,24)/t12-/m0/s1. The minimum Gasteiger partial charge on any atom is -0.301 e. The molecule has 2 aromatic heterocycles. The van der Waals surface area contributed by atoms with Crippen LogP contribution in [0.3, 0.4) is 0 Å². The first-order valence-corrected chi connectivity index (χ1v) is 9.54. The van der Waals surface area contributed by atoms with Crippen LogP contribution in [0, 0.1) is 12.8 Å². The van der Waals surface area contributed by atoms with E-state index in [9.17, 15) is 9.59 Å². The lowest BCUT2D eigenvalue weighted by atomic mass is 9.94. The van der Waals surface area contributed by atoms with E-state index < -0.39 is 5.92 Å². The van der Waals surface area contributed by atoms with Gasteiger partial charge in [-0.15, -0.1) is 20.4 Å². The quantitative estimate of drug-likeness (QED) is 0.644. The summed E-state index contributed by atoms with van der Waals surface area (Å²) < 4.78 is 0. The van der Waals surface area contributed by atoms with Gasteiger partial charge in [0.2, 0.25) is 22.1 Å². The average Bonchev–Trinajstić information content (AvgIpc) is 3.30. The summed E-state index contributed by atoms with van der Waals surface area (Å²) in [6.07, 6.45) is 0.465. The first-order chi connectivity index (χ1) is 12.6. The van der Waals surface area contributed by atoms with E-state index in [1.807, 2.05) is 31.2 Å². The number of carbonyl (C=O) groups excluding carboxylic acids is 2. The summed E-state index contributed by atoms with van der Waals surface area (Å²) in [5.41, 5.74) is 5.18. The summed E-state index contributed by atoms with van der Waals surface area (Å²) in [5, 5.41) is 21.2. The number of aromatic nitrogens is 4. The predicted octanol–water partition coefficient (Wildman–Crippen LogP) is 2.52. The van der Waals surface area contributed by atoms with Crippen molar-refractivity contribution in [3.8, 4) is 0 Å². The lowest BCUT2D eigenvalue weighted by Gasteiger charge is -2.15. The number of hydrogen-bond acceptors (Lipinski definition) is 8. The van der Waals surface area contributed by atoms with Gasteiger partial charge >= 0.3 is 0 Å². The summed E-state index contributed by atoms with van der Waals surface area (Å²) in [6.45, 7) is 2.00. The number of nitrogens with zero attached hydrogens (tertiary/aromatic N) is 4. The number of nitrogens with one attached hydrogen (secondary N) is 2. The van der Waals surface area contributed by atoms with Gasteiger partial charge in [-0.05, 0) is 18.9 Å². The first-order valence-electron chi connectivity index (χ1n) is 7.79. The van der Waals surface area contributed by atoms with Crippen molar-refractivity contribution < 1.29 is 9.59 Å². The van der Waals surface area contributed by atoms with Crippen LogP contribution in [0.2, 0.25) is 0 Å². The molecule has 0 saturated heterocycles. The third kappa shape index (κ3) is 5.14. The van der Waals surface area contributed by atoms with Crippen molar-refractivity contribution in [1.82, 2.24) is 20.4 Å². The predicted molar refractivity (Wildman–Crippen MR) is 100 cm³/mol. The van der Waals surface area contributed by atoms with E-state index in [0.29, 0.717) is 16.7 Å². The smallest absolute Gasteiger partial charge is 0.230 e.